The van der Waals surface area contributed by atoms with E-state index in [4.69, 9.17) is 4.84 Å². The van der Waals surface area contributed by atoms with Gasteiger partial charge in [-0.2, -0.15) is 0 Å². The van der Waals surface area contributed by atoms with Crippen LogP contribution >= 0.6 is 0 Å². The largest absolute Gasteiger partial charge is 0.365 e. The van der Waals surface area contributed by atoms with Gasteiger partial charge in [0.1, 0.15) is 5.82 Å². The lowest BCUT2D eigenvalue weighted by Crippen LogP contribution is -2.32. The Bertz CT molecular complexity index is 822. The highest BCUT2D eigenvalue weighted by molar-refractivity contribution is 6.21. The lowest BCUT2D eigenvalue weighted by molar-refractivity contribution is -0.0584. The van der Waals surface area contributed by atoms with Gasteiger partial charge in [-0.05, 0) is 37.1 Å². The second-order valence-corrected chi connectivity index (χ2v) is 5.93. The van der Waals surface area contributed by atoms with Crippen LogP contribution < -0.4 is 4.90 Å². The van der Waals surface area contributed by atoms with Gasteiger partial charge in [0.15, 0.2) is 0 Å². The zero-order valence-electron chi connectivity index (χ0n) is 13.3. The van der Waals surface area contributed by atoms with Crippen LogP contribution in [-0.2, 0) is 4.84 Å². The number of imide groups is 1. The van der Waals surface area contributed by atoms with Gasteiger partial charge in [-0.15, -0.1) is 0 Å². The third-order valence-corrected chi connectivity index (χ3v) is 4.34. The van der Waals surface area contributed by atoms with Crippen LogP contribution in [0.5, 0.6) is 0 Å². The van der Waals surface area contributed by atoms with Crippen molar-refractivity contribution in [1.82, 2.24) is 10.0 Å². The minimum Gasteiger partial charge on any atom is -0.357 e. The van der Waals surface area contributed by atoms with E-state index >= 15 is 0 Å². The Labute approximate surface area is 143 Å². The average Bonchev–Trinajstić information content (AvgIpc) is 3.26. The number of benzene rings is 1. The normalized spacial score (nSPS) is 16.3. The molecule has 7 heteroatoms. The molecule has 0 aliphatic carbocycles. The number of amides is 2. The molecular formula is C18H15N3O4. The number of aromatic nitrogens is 1. The molecule has 7 nitrogen and oxygen atoms in total. The van der Waals surface area contributed by atoms with Crippen LogP contribution in [0.4, 0.5) is 5.82 Å². The van der Waals surface area contributed by atoms with Gasteiger partial charge in [0.25, 0.3) is 11.8 Å². The number of hydroxylamine groups is 2. The maximum Gasteiger partial charge on any atom is 0.365 e. The molecule has 2 aliphatic heterocycles. The van der Waals surface area contributed by atoms with Crippen LogP contribution in [0.25, 0.3) is 0 Å². The van der Waals surface area contributed by atoms with E-state index in [0.29, 0.717) is 5.06 Å². The highest BCUT2D eigenvalue weighted by atomic mass is 16.7. The number of fused-ring (bicyclic) bond motifs is 1. The van der Waals surface area contributed by atoms with Crippen molar-refractivity contribution in [3.8, 4) is 0 Å². The Morgan fingerprint density at radius 3 is 2.16 bits per heavy atom. The Morgan fingerprint density at radius 1 is 0.960 bits per heavy atom. The third kappa shape index (κ3) is 2.63. The number of hydrogen-bond acceptors (Lipinski definition) is 6. The first kappa shape index (κ1) is 15.3. The Hall–Kier alpha value is -3.22. The minimum atomic E-state index is -0.796. The maximum atomic E-state index is 12.3. The Morgan fingerprint density at radius 2 is 1.60 bits per heavy atom. The summed E-state index contributed by atoms with van der Waals surface area (Å²) in [6.45, 7) is 1.90. The van der Waals surface area contributed by atoms with Crippen molar-refractivity contribution in [2.24, 2.45) is 0 Å². The number of carbonyl (C=O) groups excluding carboxylic acids is 3. The zero-order chi connectivity index (χ0) is 17.4. The van der Waals surface area contributed by atoms with Crippen LogP contribution in [0.15, 0.2) is 42.6 Å². The van der Waals surface area contributed by atoms with Gasteiger partial charge in [0, 0.05) is 19.3 Å². The molecule has 4 rings (SSSR count). The summed E-state index contributed by atoms with van der Waals surface area (Å²) in [6.07, 6.45) is 3.66. The highest BCUT2D eigenvalue weighted by Gasteiger charge is 2.38. The molecule has 25 heavy (non-hydrogen) atoms. The number of anilines is 1. The van der Waals surface area contributed by atoms with Crippen molar-refractivity contribution in [2.75, 3.05) is 18.0 Å². The second kappa shape index (κ2) is 6.01. The van der Waals surface area contributed by atoms with Crippen molar-refractivity contribution in [3.05, 3.63) is 59.3 Å². The van der Waals surface area contributed by atoms with E-state index in [1.165, 1.54) is 18.3 Å². The van der Waals surface area contributed by atoms with Gasteiger partial charge in [-0.25, -0.2) is 9.78 Å². The van der Waals surface area contributed by atoms with Crippen LogP contribution in [0.2, 0.25) is 0 Å². The summed E-state index contributed by atoms with van der Waals surface area (Å²) >= 11 is 0. The molecule has 2 aliphatic rings. The molecule has 0 saturated carbocycles. The quantitative estimate of drug-likeness (QED) is 0.798. The summed E-state index contributed by atoms with van der Waals surface area (Å²) in [5.74, 6) is -1.28. The van der Waals surface area contributed by atoms with E-state index in [0.717, 1.165) is 31.7 Å². The molecule has 1 fully saturated rings. The number of pyridine rings is 1. The fraction of sp³-hybridized carbons (Fsp3) is 0.222. The van der Waals surface area contributed by atoms with Gasteiger partial charge in [0.2, 0.25) is 0 Å². The molecule has 0 spiro atoms. The molecule has 0 unspecified atom stereocenters. The van der Waals surface area contributed by atoms with Crippen LogP contribution in [0, 0.1) is 0 Å². The maximum absolute atomic E-state index is 12.3. The van der Waals surface area contributed by atoms with E-state index in [9.17, 15) is 14.4 Å². The van der Waals surface area contributed by atoms with Crippen LogP contribution in [0.3, 0.4) is 0 Å². The first-order chi connectivity index (χ1) is 12.1. The van der Waals surface area contributed by atoms with E-state index in [2.05, 4.69) is 9.88 Å². The number of carbonyl (C=O) groups is 3. The van der Waals surface area contributed by atoms with Gasteiger partial charge in [-0.1, -0.05) is 17.2 Å². The summed E-state index contributed by atoms with van der Waals surface area (Å²) < 4.78 is 0. The molecule has 0 radical (unpaired) electrons. The topological polar surface area (TPSA) is 79.8 Å². The molecule has 0 N–H and O–H groups in total. The van der Waals surface area contributed by atoms with E-state index in [-0.39, 0.29) is 16.7 Å². The fourth-order valence-electron chi connectivity index (χ4n) is 3.03. The summed E-state index contributed by atoms with van der Waals surface area (Å²) in [5, 5.41) is 0.501. The molecule has 2 aromatic rings. The fourth-order valence-corrected chi connectivity index (χ4v) is 3.03. The van der Waals surface area contributed by atoms with E-state index < -0.39 is 17.8 Å². The molecule has 0 bridgehead atoms. The SMILES string of the molecule is O=C(ON1C(=O)c2ccccc2C1=O)c1ccc(N2CCCC2)nc1. The first-order valence-electron chi connectivity index (χ1n) is 8.06. The van der Waals surface area contributed by atoms with Crippen LogP contribution in [-0.4, -0.2) is 40.9 Å². The van der Waals surface area contributed by atoms with E-state index in [1.54, 1.807) is 24.3 Å². The molecular weight excluding hydrogens is 322 g/mol. The minimum absolute atomic E-state index is 0.180. The average molecular weight is 337 g/mol. The van der Waals surface area contributed by atoms with Gasteiger partial charge in [0.05, 0.1) is 16.7 Å². The Kier molecular flexibility index (Phi) is 3.68. The molecule has 2 amide bonds. The Balaban J connectivity index is 1.49. The highest BCUT2D eigenvalue weighted by Crippen LogP contribution is 2.23. The number of nitrogens with zero attached hydrogens (tertiary/aromatic N) is 3. The van der Waals surface area contributed by atoms with Crippen molar-refractivity contribution >= 4 is 23.6 Å². The number of rotatable bonds is 3. The van der Waals surface area contributed by atoms with Gasteiger partial charge >= 0.3 is 5.97 Å². The van der Waals surface area contributed by atoms with Crippen LogP contribution in [0.1, 0.15) is 43.9 Å². The molecule has 3 heterocycles. The first-order valence-corrected chi connectivity index (χ1v) is 8.06. The smallest absolute Gasteiger partial charge is 0.357 e. The second-order valence-electron chi connectivity index (χ2n) is 5.93. The third-order valence-electron chi connectivity index (χ3n) is 4.34. The lowest BCUT2D eigenvalue weighted by Gasteiger charge is -2.16. The predicted octanol–water partition coefficient (Wildman–Crippen LogP) is 2.05. The molecule has 126 valence electrons. The molecule has 1 aromatic heterocycles. The standard InChI is InChI=1S/C18H15N3O4/c22-16-13-5-1-2-6-14(13)17(23)21(16)25-18(24)12-7-8-15(19-11-12)20-9-3-4-10-20/h1-2,5-8,11H,3-4,9-10H2. The molecule has 0 atom stereocenters. The zero-order valence-corrected chi connectivity index (χ0v) is 13.3. The predicted molar refractivity (Wildman–Crippen MR) is 88.0 cm³/mol. The lowest BCUT2D eigenvalue weighted by atomic mass is 10.1. The van der Waals surface area contributed by atoms with Gasteiger partial charge in [-0.3, -0.25) is 9.59 Å². The van der Waals surface area contributed by atoms with Gasteiger partial charge < -0.3 is 9.74 Å². The summed E-state index contributed by atoms with van der Waals surface area (Å²) in [7, 11) is 0. The summed E-state index contributed by atoms with van der Waals surface area (Å²) in [4.78, 5) is 48.1. The summed E-state index contributed by atoms with van der Waals surface area (Å²) in [6, 6.07) is 9.67. The van der Waals surface area contributed by atoms with Crippen molar-refractivity contribution in [3.63, 3.8) is 0 Å². The number of hydrogen-bond donors (Lipinski definition) is 0. The van der Waals surface area contributed by atoms with Crippen molar-refractivity contribution in [1.29, 1.82) is 0 Å². The van der Waals surface area contributed by atoms with E-state index in [1.807, 2.05) is 0 Å². The monoisotopic (exact) mass is 337 g/mol. The molecule has 1 saturated heterocycles. The summed E-state index contributed by atoms with van der Waals surface area (Å²) in [5.41, 5.74) is 0.630. The van der Waals surface area contributed by atoms with Crippen molar-refractivity contribution in [2.45, 2.75) is 12.8 Å². The molecule has 1 aromatic carbocycles. The van der Waals surface area contributed by atoms with Crippen molar-refractivity contribution < 1.29 is 19.2 Å².